The standard InChI is InChI=1S/C15H26N2O3.ClH/c16-15(5-9-19-10-6-15)13(18)17-7-1-3-14(11-17)4-2-8-20-12-14;/h1-12,16H2;1H. The lowest BCUT2D eigenvalue weighted by Gasteiger charge is -2.47. The number of carbonyl (C=O) groups excluding carboxylic acids is 1. The molecule has 3 fully saturated rings. The minimum atomic E-state index is -0.702. The van der Waals surface area contributed by atoms with Crippen LogP contribution in [0.2, 0.25) is 0 Å². The summed E-state index contributed by atoms with van der Waals surface area (Å²) in [6, 6.07) is 0. The van der Waals surface area contributed by atoms with E-state index in [1.54, 1.807) is 0 Å². The molecule has 122 valence electrons. The van der Waals surface area contributed by atoms with Crippen molar-refractivity contribution in [3.05, 3.63) is 0 Å². The normalized spacial score (nSPS) is 32.5. The smallest absolute Gasteiger partial charge is 0.242 e. The number of likely N-dealkylation sites (tertiary alicyclic amines) is 1. The molecular weight excluding hydrogens is 292 g/mol. The summed E-state index contributed by atoms with van der Waals surface area (Å²) < 4.78 is 11.0. The molecule has 0 radical (unpaired) electrons. The van der Waals surface area contributed by atoms with Gasteiger partial charge in [0.2, 0.25) is 5.91 Å². The lowest BCUT2D eigenvalue weighted by atomic mass is 9.75. The molecule has 0 aromatic heterocycles. The first kappa shape index (κ1) is 17.0. The third-order valence-corrected chi connectivity index (χ3v) is 5.16. The van der Waals surface area contributed by atoms with Gasteiger partial charge in [-0.25, -0.2) is 0 Å². The number of carbonyl (C=O) groups is 1. The molecule has 0 saturated carbocycles. The highest BCUT2D eigenvalue weighted by atomic mass is 35.5. The average molecular weight is 319 g/mol. The van der Waals surface area contributed by atoms with Crippen LogP contribution in [0, 0.1) is 5.41 Å². The molecule has 21 heavy (non-hydrogen) atoms. The van der Waals surface area contributed by atoms with Crippen LogP contribution in [-0.4, -0.2) is 55.9 Å². The van der Waals surface area contributed by atoms with Gasteiger partial charge >= 0.3 is 0 Å². The van der Waals surface area contributed by atoms with E-state index in [-0.39, 0.29) is 23.7 Å². The summed E-state index contributed by atoms with van der Waals surface area (Å²) in [5.74, 6) is 0.130. The summed E-state index contributed by atoms with van der Waals surface area (Å²) in [6.45, 7) is 4.55. The van der Waals surface area contributed by atoms with Crippen molar-refractivity contribution in [2.75, 3.05) is 39.5 Å². The second-order valence-corrected chi connectivity index (χ2v) is 6.75. The van der Waals surface area contributed by atoms with Crippen molar-refractivity contribution in [2.24, 2.45) is 11.1 Å². The molecule has 1 unspecified atom stereocenters. The van der Waals surface area contributed by atoms with Crippen LogP contribution < -0.4 is 5.73 Å². The maximum absolute atomic E-state index is 12.8. The fourth-order valence-corrected chi connectivity index (χ4v) is 3.88. The first-order valence-corrected chi connectivity index (χ1v) is 7.87. The van der Waals surface area contributed by atoms with E-state index in [9.17, 15) is 4.79 Å². The molecule has 1 spiro atoms. The van der Waals surface area contributed by atoms with Gasteiger partial charge in [-0.1, -0.05) is 0 Å². The van der Waals surface area contributed by atoms with Gasteiger partial charge in [0.15, 0.2) is 0 Å². The Morgan fingerprint density at radius 3 is 2.38 bits per heavy atom. The van der Waals surface area contributed by atoms with Crippen LogP contribution in [0.25, 0.3) is 0 Å². The lowest BCUT2D eigenvalue weighted by molar-refractivity contribution is -0.147. The van der Waals surface area contributed by atoms with Gasteiger partial charge in [-0.2, -0.15) is 0 Å². The molecule has 6 heteroatoms. The van der Waals surface area contributed by atoms with E-state index in [0.717, 1.165) is 39.1 Å². The fraction of sp³-hybridized carbons (Fsp3) is 0.933. The van der Waals surface area contributed by atoms with Crippen LogP contribution in [0.3, 0.4) is 0 Å². The second kappa shape index (κ2) is 6.82. The zero-order valence-electron chi connectivity index (χ0n) is 12.6. The van der Waals surface area contributed by atoms with Crippen LogP contribution in [0.4, 0.5) is 0 Å². The topological polar surface area (TPSA) is 64.8 Å². The number of hydrogen-bond donors (Lipinski definition) is 1. The Balaban J connectivity index is 0.00000161. The van der Waals surface area contributed by atoms with Gasteiger partial charge in [0, 0.05) is 38.3 Å². The van der Waals surface area contributed by atoms with E-state index in [1.165, 1.54) is 12.8 Å². The molecule has 1 amide bonds. The predicted octanol–water partition coefficient (Wildman–Crippen LogP) is 1.34. The van der Waals surface area contributed by atoms with E-state index >= 15 is 0 Å². The highest BCUT2D eigenvalue weighted by Crippen LogP contribution is 2.38. The van der Waals surface area contributed by atoms with Crippen LogP contribution >= 0.6 is 12.4 Å². The van der Waals surface area contributed by atoms with Gasteiger partial charge in [0.1, 0.15) is 0 Å². The molecule has 3 aliphatic rings. The lowest BCUT2D eigenvalue weighted by Crippen LogP contribution is -2.61. The SMILES string of the molecule is Cl.NC1(C(=O)N2CCCC3(CCCOC3)C2)CCOCC1. The van der Waals surface area contributed by atoms with E-state index in [2.05, 4.69) is 0 Å². The Morgan fingerprint density at radius 2 is 1.71 bits per heavy atom. The van der Waals surface area contributed by atoms with Crippen molar-refractivity contribution in [1.82, 2.24) is 4.90 Å². The third kappa shape index (κ3) is 3.52. The molecule has 0 bridgehead atoms. The molecular formula is C15H27ClN2O3. The monoisotopic (exact) mass is 318 g/mol. The number of ether oxygens (including phenoxy) is 2. The van der Waals surface area contributed by atoms with E-state index in [4.69, 9.17) is 15.2 Å². The predicted molar refractivity (Wildman–Crippen MR) is 82.5 cm³/mol. The van der Waals surface area contributed by atoms with Crippen LogP contribution in [-0.2, 0) is 14.3 Å². The first-order valence-electron chi connectivity index (χ1n) is 7.87. The molecule has 1 atom stereocenters. The molecule has 3 heterocycles. The number of hydrogen-bond acceptors (Lipinski definition) is 4. The Bertz CT molecular complexity index is 360. The van der Waals surface area contributed by atoms with Crippen LogP contribution in [0.1, 0.15) is 38.5 Å². The summed E-state index contributed by atoms with van der Waals surface area (Å²) >= 11 is 0. The first-order chi connectivity index (χ1) is 9.64. The summed E-state index contributed by atoms with van der Waals surface area (Å²) in [4.78, 5) is 14.8. The molecule has 0 aliphatic carbocycles. The third-order valence-electron chi connectivity index (χ3n) is 5.16. The van der Waals surface area contributed by atoms with Gasteiger partial charge in [0.25, 0.3) is 0 Å². The molecule has 0 aromatic carbocycles. The Labute approximate surface area is 132 Å². The summed E-state index contributed by atoms with van der Waals surface area (Å²) in [5, 5.41) is 0. The van der Waals surface area contributed by atoms with Crippen molar-refractivity contribution in [1.29, 1.82) is 0 Å². The van der Waals surface area contributed by atoms with Crippen molar-refractivity contribution in [3.8, 4) is 0 Å². The molecule has 3 saturated heterocycles. The van der Waals surface area contributed by atoms with Gasteiger partial charge in [-0.3, -0.25) is 4.79 Å². The van der Waals surface area contributed by atoms with Crippen molar-refractivity contribution in [3.63, 3.8) is 0 Å². The van der Waals surface area contributed by atoms with Crippen molar-refractivity contribution < 1.29 is 14.3 Å². The second-order valence-electron chi connectivity index (χ2n) is 6.75. The Morgan fingerprint density at radius 1 is 1.00 bits per heavy atom. The summed E-state index contributed by atoms with van der Waals surface area (Å²) in [7, 11) is 0. The Kier molecular flexibility index (Phi) is 5.52. The Hall–Kier alpha value is -0.360. The number of rotatable bonds is 1. The number of halogens is 1. The van der Waals surface area contributed by atoms with Gasteiger partial charge in [-0.15, -0.1) is 12.4 Å². The van der Waals surface area contributed by atoms with Gasteiger partial charge in [-0.05, 0) is 38.5 Å². The highest BCUT2D eigenvalue weighted by Gasteiger charge is 2.44. The van der Waals surface area contributed by atoms with Crippen molar-refractivity contribution in [2.45, 2.75) is 44.1 Å². The molecule has 0 aromatic rings. The van der Waals surface area contributed by atoms with Crippen LogP contribution in [0.5, 0.6) is 0 Å². The average Bonchev–Trinajstić information content (AvgIpc) is 2.48. The van der Waals surface area contributed by atoms with E-state index in [1.807, 2.05) is 4.90 Å². The minimum absolute atomic E-state index is 0. The molecule has 2 N–H and O–H groups in total. The largest absolute Gasteiger partial charge is 0.381 e. The number of piperidine rings is 1. The number of nitrogens with two attached hydrogens (primary N) is 1. The summed E-state index contributed by atoms with van der Waals surface area (Å²) in [6.07, 6.45) is 5.83. The number of amides is 1. The van der Waals surface area contributed by atoms with Gasteiger partial charge < -0.3 is 20.1 Å². The quantitative estimate of drug-likeness (QED) is 0.792. The van der Waals surface area contributed by atoms with E-state index < -0.39 is 5.54 Å². The van der Waals surface area contributed by atoms with E-state index in [0.29, 0.717) is 26.1 Å². The number of nitrogens with zero attached hydrogens (tertiary/aromatic N) is 1. The zero-order chi connectivity index (χ0) is 14.1. The van der Waals surface area contributed by atoms with Gasteiger partial charge in [0.05, 0.1) is 12.1 Å². The minimum Gasteiger partial charge on any atom is -0.381 e. The molecule has 3 aliphatic heterocycles. The summed E-state index contributed by atoms with van der Waals surface area (Å²) in [5.41, 5.74) is 5.84. The maximum Gasteiger partial charge on any atom is 0.242 e. The molecule has 3 rings (SSSR count). The van der Waals surface area contributed by atoms with Crippen LogP contribution in [0.15, 0.2) is 0 Å². The molecule has 5 nitrogen and oxygen atoms in total. The zero-order valence-corrected chi connectivity index (χ0v) is 13.5. The fourth-order valence-electron chi connectivity index (χ4n) is 3.88. The highest BCUT2D eigenvalue weighted by molar-refractivity contribution is 5.86. The maximum atomic E-state index is 12.8. The van der Waals surface area contributed by atoms with Crippen molar-refractivity contribution >= 4 is 18.3 Å².